The minimum Gasteiger partial charge on any atom is -0.340 e. The van der Waals surface area contributed by atoms with E-state index in [9.17, 15) is 5.26 Å². The van der Waals surface area contributed by atoms with E-state index < -0.39 is 0 Å². The molecule has 0 saturated carbocycles. The molecule has 0 N–H and O–H groups in total. The summed E-state index contributed by atoms with van der Waals surface area (Å²) in [5.41, 5.74) is 5.64. The highest BCUT2D eigenvalue weighted by Gasteiger charge is 2.25. The second-order valence-electron chi connectivity index (χ2n) is 12.1. The number of benzene rings is 4. The van der Waals surface area contributed by atoms with Gasteiger partial charge in [-0.3, -0.25) is 0 Å². The molecule has 8 heteroatoms. The van der Waals surface area contributed by atoms with E-state index in [0.717, 1.165) is 56.4 Å². The van der Waals surface area contributed by atoms with Gasteiger partial charge in [0, 0.05) is 44.2 Å². The Bertz CT molecular complexity index is 1670. The molecule has 46 heavy (non-hydrogen) atoms. The molecule has 6 rings (SSSR count). The number of fused-ring (bicyclic) bond motifs is 4. The molecule has 0 radical (unpaired) electrons. The van der Waals surface area contributed by atoms with E-state index in [1.807, 2.05) is 30.0 Å². The van der Waals surface area contributed by atoms with E-state index in [1.54, 1.807) is 11.8 Å². The van der Waals surface area contributed by atoms with E-state index in [1.165, 1.54) is 36.6 Å². The molecular formula is C38H44ClN5S2. The second kappa shape index (κ2) is 16.1. The summed E-state index contributed by atoms with van der Waals surface area (Å²) in [6.07, 6.45) is 1.15. The Hall–Kier alpha value is -3.12. The summed E-state index contributed by atoms with van der Waals surface area (Å²) in [4.78, 5) is 14.6. The van der Waals surface area contributed by atoms with Crippen LogP contribution in [0.25, 0.3) is 0 Å². The molecule has 1 unspecified atom stereocenters. The molecule has 0 bridgehead atoms. The lowest BCUT2D eigenvalue weighted by Crippen LogP contribution is -2.31. The van der Waals surface area contributed by atoms with Crippen molar-refractivity contribution in [2.24, 2.45) is 5.92 Å². The normalized spacial score (nSPS) is 13.6. The number of anilines is 4. The molecule has 0 aromatic heterocycles. The van der Waals surface area contributed by atoms with Crippen molar-refractivity contribution in [3.8, 4) is 6.07 Å². The van der Waals surface area contributed by atoms with Crippen molar-refractivity contribution in [2.75, 3.05) is 63.2 Å². The zero-order chi connectivity index (χ0) is 32.6. The highest BCUT2D eigenvalue weighted by Crippen LogP contribution is 2.49. The number of rotatable bonds is 10. The van der Waals surface area contributed by atoms with Crippen LogP contribution in [0.1, 0.15) is 32.8 Å². The van der Waals surface area contributed by atoms with E-state index in [-0.39, 0.29) is 0 Å². The fourth-order valence-corrected chi connectivity index (χ4v) is 8.44. The maximum Gasteiger partial charge on any atom is 0.0992 e. The first-order chi connectivity index (χ1) is 22.3. The predicted octanol–water partition coefficient (Wildman–Crippen LogP) is 10.0. The van der Waals surface area contributed by atoms with Crippen LogP contribution >= 0.6 is 35.1 Å². The van der Waals surface area contributed by atoms with Gasteiger partial charge in [-0.1, -0.05) is 80.2 Å². The monoisotopic (exact) mass is 669 g/mol. The lowest BCUT2D eigenvalue weighted by atomic mass is 10.1. The van der Waals surface area contributed by atoms with E-state index in [2.05, 4.69) is 127 Å². The van der Waals surface area contributed by atoms with Crippen LogP contribution in [0.15, 0.2) is 105 Å². The van der Waals surface area contributed by atoms with Crippen LogP contribution in [0.2, 0.25) is 5.02 Å². The van der Waals surface area contributed by atoms with Gasteiger partial charge >= 0.3 is 0 Å². The largest absolute Gasteiger partial charge is 0.340 e. The Morgan fingerprint density at radius 2 is 1.33 bits per heavy atom. The van der Waals surface area contributed by atoms with Crippen molar-refractivity contribution in [1.29, 1.82) is 5.26 Å². The van der Waals surface area contributed by atoms with Crippen molar-refractivity contribution >= 4 is 57.9 Å². The summed E-state index contributed by atoms with van der Waals surface area (Å²) in [7, 11) is 4.22. The van der Waals surface area contributed by atoms with Crippen molar-refractivity contribution in [1.82, 2.24) is 9.80 Å². The number of nitrogens with zero attached hydrogens (tertiary/aromatic N) is 5. The molecule has 2 aliphatic heterocycles. The van der Waals surface area contributed by atoms with Gasteiger partial charge in [0.2, 0.25) is 0 Å². The van der Waals surface area contributed by atoms with Gasteiger partial charge in [0.25, 0.3) is 0 Å². The van der Waals surface area contributed by atoms with Gasteiger partial charge in [0.1, 0.15) is 0 Å². The van der Waals surface area contributed by atoms with Crippen LogP contribution in [0.5, 0.6) is 0 Å². The predicted molar refractivity (Wildman–Crippen MR) is 198 cm³/mol. The standard InChI is InChI=1S/C19H23ClN2S.C19H21N3S/c1-3-21(4-2)12-7-13-22-16-8-5-6-9-18(16)23-19-11-10-15(20)14-17(19)22;1-14(12-21(2)3)13-22-16-6-4-5-7-18(16)23-19-9-8-15(11-20)10-17(19)22/h5-6,8-11,14H,3-4,7,12-13H2,1-2H3;4-10,14H,12-13H2,1-3H3. The average Bonchev–Trinajstić information content (AvgIpc) is 3.06. The molecule has 0 spiro atoms. The third kappa shape index (κ3) is 8.23. The number of hydrogen-bond donors (Lipinski definition) is 0. The first-order valence-electron chi connectivity index (χ1n) is 16.1. The van der Waals surface area contributed by atoms with Crippen molar-refractivity contribution < 1.29 is 0 Å². The first-order valence-corrected chi connectivity index (χ1v) is 18.1. The molecule has 0 amide bonds. The molecule has 1 atom stereocenters. The average molecular weight is 670 g/mol. The summed E-state index contributed by atoms with van der Waals surface area (Å²) in [5, 5.41) is 10.0. The van der Waals surface area contributed by atoms with Crippen molar-refractivity contribution in [2.45, 2.75) is 46.8 Å². The van der Waals surface area contributed by atoms with Crippen molar-refractivity contribution in [3.63, 3.8) is 0 Å². The van der Waals surface area contributed by atoms with Crippen LogP contribution in [0, 0.1) is 17.2 Å². The number of halogens is 1. The van der Waals surface area contributed by atoms with E-state index >= 15 is 0 Å². The minimum atomic E-state index is 0.528. The molecule has 0 saturated heterocycles. The topological polar surface area (TPSA) is 36.8 Å². The van der Waals surface area contributed by atoms with Gasteiger partial charge in [-0.05, 0) is 107 Å². The molecule has 2 aliphatic rings. The maximum absolute atomic E-state index is 9.24. The van der Waals surface area contributed by atoms with Gasteiger partial charge < -0.3 is 19.6 Å². The number of hydrogen-bond acceptors (Lipinski definition) is 7. The van der Waals surface area contributed by atoms with Crippen LogP contribution in [0.3, 0.4) is 0 Å². The van der Waals surface area contributed by atoms with E-state index in [0.29, 0.717) is 11.5 Å². The van der Waals surface area contributed by atoms with Gasteiger partial charge in [-0.2, -0.15) is 5.26 Å². The highest BCUT2D eigenvalue weighted by molar-refractivity contribution is 8.00. The fraction of sp³-hybridized carbons (Fsp3) is 0.342. The smallest absolute Gasteiger partial charge is 0.0992 e. The SMILES string of the molecule is CC(CN(C)C)CN1c2ccccc2Sc2ccc(C#N)cc21.CCN(CC)CCCN1c2ccccc2Sc2ccc(Cl)cc21. The highest BCUT2D eigenvalue weighted by atomic mass is 35.5. The first kappa shape index (κ1) is 34.2. The summed E-state index contributed by atoms with van der Waals surface area (Å²) < 4.78 is 0. The van der Waals surface area contributed by atoms with Crippen LogP contribution in [-0.2, 0) is 0 Å². The third-order valence-electron chi connectivity index (χ3n) is 8.26. The molecule has 2 heterocycles. The summed E-state index contributed by atoms with van der Waals surface area (Å²) in [5.74, 6) is 0.528. The van der Waals surface area contributed by atoms with Crippen LogP contribution in [-0.4, -0.2) is 63.2 Å². The van der Waals surface area contributed by atoms with Gasteiger partial charge in [0.15, 0.2) is 0 Å². The molecule has 4 aromatic rings. The summed E-state index contributed by atoms with van der Waals surface area (Å²) >= 11 is 9.87. The molecular weight excluding hydrogens is 626 g/mol. The Morgan fingerprint density at radius 3 is 1.93 bits per heavy atom. The lowest BCUT2D eigenvalue weighted by molar-refractivity contribution is 0.301. The summed E-state index contributed by atoms with van der Waals surface area (Å²) in [6.45, 7) is 13.1. The number of nitriles is 1. The molecule has 5 nitrogen and oxygen atoms in total. The second-order valence-corrected chi connectivity index (χ2v) is 14.7. The Balaban J connectivity index is 0.000000181. The van der Waals surface area contributed by atoms with Crippen molar-refractivity contribution in [3.05, 3.63) is 95.5 Å². The third-order valence-corrected chi connectivity index (χ3v) is 10.8. The van der Waals surface area contributed by atoms with Gasteiger partial charge in [0.05, 0.1) is 34.4 Å². The van der Waals surface area contributed by atoms with Crippen LogP contribution < -0.4 is 9.80 Å². The zero-order valence-electron chi connectivity index (χ0n) is 27.5. The Morgan fingerprint density at radius 1 is 0.761 bits per heavy atom. The lowest BCUT2D eigenvalue weighted by Gasteiger charge is -2.35. The quantitative estimate of drug-likeness (QED) is 0.166. The Kier molecular flexibility index (Phi) is 12.0. The number of para-hydroxylation sites is 2. The molecule has 4 aromatic carbocycles. The Labute approximate surface area is 289 Å². The molecule has 0 aliphatic carbocycles. The summed E-state index contributed by atoms with van der Waals surface area (Å²) in [6, 6.07) is 31.6. The van der Waals surface area contributed by atoms with Crippen LogP contribution in [0.4, 0.5) is 22.7 Å². The molecule has 0 fully saturated rings. The molecule has 240 valence electrons. The van der Waals surface area contributed by atoms with Gasteiger partial charge in [-0.25, -0.2) is 0 Å². The fourth-order valence-electron chi connectivity index (χ4n) is 6.12. The van der Waals surface area contributed by atoms with Gasteiger partial charge in [-0.15, -0.1) is 0 Å². The minimum absolute atomic E-state index is 0.528. The van der Waals surface area contributed by atoms with E-state index in [4.69, 9.17) is 11.6 Å². The zero-order valence-corrected chi connectivity index (χ0v) is 29.9. The maximum atomic E-state index is 9.24.